The number of carboxylic acids is 1. The summed E-state index contributed by atoms with van der Waals surface area (Å²) < 4.78 is 0. The first-order chi connectivity index (χ1) is 8.80. The van der Waals surface area contributed by atoms with Gasteiger partial charge in [0.15, 0.2) is 0 Å². The lowest BCUT2D eigenvalue weighted by molar-refractivity contribution is 0.0696. The molecule has 0 aromatic carbocycles. The van der Waals surface area contributed by atoms with E-state index in [0.29, 0.717) is 11.3 Å². The van der Waals surface area contributed by atoms with Gasteiger partial charge in [0.05, 0.1) is 11.4 Å². The van der Waals surface area contributed by atoms with Crippen molar-refractivity contribution in [2.75, 3.05) is 18.0 Å². The summed E-state index contributed by atoms with van der Waals surface area (Å²) in [7, 11) is 0. The predicted octanol–water partition coefficient (Wildman–Crippen LogP) is 3.02. The Labute approximate surface area is 114 Å². The number of piperidine rings is 1. The molecule has 0 saturated carbocycles. The number of pyridine rings is 1. The largest absolute Gasteiger partial charge is 0.478 e. The highest BCUT2D eigenvalue weighted by atomic mass is 16.4. The molecule has 0 spiro atoms. The van der Waals surface area contributed by atoms with Gasteiger partial charge in [-0.3, -0.25) is 4.98 Å². The molecule has 0 unspecified atom stereocenters. The zero-order valence-corrected chi connectivity index (χ0v) is 12.2. The average Bonchev–Trinajstić information content (AvgIpc) is 2.25. The van der Waals surface area contributed by atoms with Crippen LogP contribution < -0.4 is 4.90 Å². The number of aryl methyl sites for hydroxylation is 2. The van der Waals surface area contributed by atoms with Crippen LogP contribution in [0.3, 0.4) is 0 Å². The van der Waals surface area contributed by atoms with Crippen LogP contribution in [0, 0.1) is 19.3 Å². The second kappa shape index (κ2) is 4.83. The SMILES string of the molecule is Cc1cc(N2CCCC(C)(C)C2)c(C(=O)O)c(C)n1. The van der Waals surface area contributed by atoms with Crippen molar-refractivity contribution in [2.45, 2.75) is 40.5 Å². The van der Waals surface area contributed by atoms with Gasteiger partial charge in [-0.25, -0.2) is 4.79 Å². The molecule has 1 aliphatic rings. The lowest BCUT2D eigenvalue weighted by atomic mass is 9.84. The Bertz CT molecular complexity index is 509. The van der Waals surface area contributed by atoms with Crippen LogP contribution in [0.4, 0.5) is 5.69 Å². The molecule has 2 heterocycles. The van der Waals surface area contributed by atoms with Crippen molar-refractivity contribution in [2.24, 2.45) is 5.41 Å². The Kier molecular flexibility index (Phi) is 3.52. The topological polar surface area (TPSA) is 53.4 Å². The molecule has 0 atom stereocenters. The third-order valence-corrected chi connectivity index (χ3v) is 3.76. The highest BCUT2D eigenvalue weighted by molar-refractivity contribution is 5.95. The molecule has 0 bridgehead atoms. The zero-order valence-electron chi connectivity index (χ0n) is 12.2. The summed E-state index contributed by atoms with van der Waals surface area (Å²) in [5.74, 6) is -0.886. The third-order valence-electron chi connectivity index (χ3n) is 3.76. The van der Waals surface area contributed by atoms with Crippen molar-refractivity contribution >= 4 is 11.7 Å². The van der Waals surface area contributed by atoms with E-state index in [4.69, 9.17) is 0 Å². The van der Waals surface area contributed by atoms with E-state index in [-0.39, 0.29) is 5.41 Å². The number of carbonyl (C=O) groups is 1. The molecule has 0 radical (unpaired) electrons. The first-order valence-electron chi connectivity index (χ1n) is 6.77. The van der Waals surface area contributed by atoms with Crippen LogP contribution in [0.5, 0.6) is 0 Å². The number of hydrogen-bond donors (Lipinski definition) is 1. The molecule has 0 amide bonds. The second-order valence-corrected chi connectivity index (χ2v) is 6.24. The summed E-state index contributed by atoms with van der Waals surface area (Å²) in [5, 5.41) is 9.43. The molecule has 0 aliphatic carbocycles. The summed E-state index contributed by atoms with van der Waals surface area (Å²) in [6, 6.07) is 1.90. The van der Waals surface area contributed by atoms with Crippen molar-refractivity contribution in [1.29, 1.82) is 0 Å². The van der Waals surface area contributed by atoms with Gasteiger partial charge in [0, 0.05) is 18.8 Å². The molecule has 1 N–H and O–H groups in total. The summed E-state index contributed by atoms with van der Waals surface area (Å²) in [6.07, 6.45) is 2.29. The van der Waals surface area contributed by atoms with Crippen LogP contribution in [0.2, 0.25) is 0 Å². The number of hydrogen-bond acceptors (Lipinski definition) is 3. The van der Waals surface area contributed by atoms with E-state index in [1.54, 1.807) is 6.92 Å². The van der Waals surface area contributed by atoms with Crippen LogP contribution in [-0.2, 0) is 0 Å². The van der Waals surface area contributed by atoms with Gasteiger partial charge in [-0.05, 0) is 38.2 Å². The molecular formula is C15H22N2O2. The average molecular weight is 262 g/mol. The first kappa shape index (κ1) is 13.8. The predicted molar refractivity (Wildman–Crippen MR) is 75.9 cm³/mol. The number of carboxylic acid groups (broad SMARTS) is 1. The minimum absolute atomic E-state index is 0.235. The van der Waals surface area contributed by atoms with Crippen LogP contribution in [0.25, 0.3) is 0 Å². The van der Waals surface area contributed by atoms with E-state index in [9.17, 15) is 9.90 Å². The Morgan fingerprint density at radius 3 is 2.68 bits per heavy atom. The molecule has 4 nitrogen and oxygen atoms in total. The molecule has 2 rings (SSSR count). The number of rotatable bonds is 2. The summed E-state index contributed by atoms with van der Waals surface area (Å²) >= 11 is 0. The van der Waals surface area contributed by atoms with E-state index >= 15 is 0 Å². The Morgan fingerprint density at radius 1 is 1.42 bits per heavy atom. The highest BCUT2D eigenvalue weighted by Gasteiger charge is 2.29. The van der Waals surface area contributed by atoms with E-state index in [1.165, 1.54) is 6.42 Å². The van der Waals surface area contributed by atoms with E-state index < -0.39 is 5.97 Å². The van der Waals surface area contributed by atoms with Crippen molar-refractivity contribution in [3.05, 3.63) is 23.0 Å². The number of anilines is 1. The lowest BCUT2D eigenvalue weighted by Crippen LogP contribution is -2.41. The smallest absolute Gasteiger partial charge is 0.339 e. The molecule has 1 aromatic heterocycles. The van der Waals surface area contributed by atoms with Gasteiger partial charge in [-0.15, -0.1) is 0 Å². The number of aromatic carboxylic acids is 1. The lowest BCUT2D eigenvalue weighted by Gasteiger charge is -2.40. The van der Waals surface area contributed by atoms with Crippen molar-refractivity contribution in [3.8, 4) is 0 Å². The molecule has 1 aromatic rings. The van der Waals surface area contributed by atoms with Gasteiger partial charge >= 0.3 is 5.97 Å². The number of nitrogens with zero attached hydrogens (tertiary/aromatic N) is 2. The summed E-state index contributed by atoms with van der Waals surface area (Å²) in [6.45, 7) is 9.98. The highest BCUT2D eigenvalue weighted by Crippen LogP contribution is 2.34. The molecular weight excluding hydrogens is 240 g/mol. The summed E-state index contributed by atoms with van der Waals surface area (Å²) in [5.41, 5.74) is 2.89. The minimum atomic E-state index is -0.886. The maximum absolute atomic E-state index is 11.5. The monoisotopic (exact) mass is 262 g/mol. The van der Waals surface area contributed by atoms with Gasteiger partial charge in [0.2, 0.25) is 0 Å². The Balaban J connectivity index is 2.46. The zero-order chi connectivity index (χ0) is 14.2. The van der Waals surface area contributed by atoms with E-state index in [2.05, 4.69) is 23.7 Å². The van der Waals surface area contributed by atoms with Gasteiger partial charge in [0.25, 0.3) is 0 Å². The van der Waals surface area contributed by atoms with Crippen molar-refractivity contribution in [1.82, 2.24) is 4.98 Å². The summed E-state index contributed by atoms with van der Waals surface area (Å²) in [4.78, 5) is 18.0. The normalized spacial score (nSPS) is 18.4. The second-order valence-electron chi connectivity index (χ2n) is 6.24. The van der Waals surface area contributed by atoms with E-state index in [1.807, 2.05) is 13.0 Å². The fraction of sp³-hybridized carbons (Fsp3) is 0.600. The molecule has 4 heteroatoms. The maximum atomic E-state index is 11.5. The fourth-order valence-corrected chi connectivity index (χ4v) is 2.95. The van der Waals surface area contributed by atoms with Crippen LogP contribution in [0.1, 0.15) is 48.4 Å². The third kappa shape index (κ3) is 2.88. The molecule has 1 fully saturated rings. The maximum Gasteiger partial charge on any atom is 0.339 e. The number of aromatic nitrogens is 1. The van der Waals surface area contributed by atoms with Gasteiger partial charge < -0.3 is 10.0 Å². The van der Waals surface area contributed by atoms with Gasteiger partial charge in [-0.2, -0.15) is 0 Å². The first-order valence-corrected chi connectivity index (χ1v) is 6.77. The van der Waals surface area contributed by atoms with Crippen molar-refractivity contribution < 1.29 is 9.90 Å². The van der Waals surface area contributed by atoms with Crippen LogP contribution in [-0.4, -0.2) is 29.1 Å². The molecule has 1 saturated heterocycles. The van der Waals surface area contributed by atoms with Crippen LogP contribution in [0.15, 0.2) is 6.07 Å². The van der Waals surface area contributed by atoms with Gasteiger partial charge in [-0.1, -0.05) is 13.8 Å². The van der Waals surface area contributed by atoms with Crippen LogP contribution >= 0.6 is 0 Å². The molecule has 1 aliphatic heterocycles. The van der Waals surface area contributed by atoms with Crippen molar-refractivity contribution in [3.63, 3.8) is 0 Å². The Hall–Kier alpha value is -1.58. The standard InChI is InChI=1S/C15H22N2O2/c1-10-8-12(13(14(18)19)11(2)16-10)17-7-5-6-15(3,4)9-17/h8H,5-7,9H2,1-4H3,(H,18,19). The minimum Gasteiger partial charge on any atom is -0.478 e. The quantitative estimate of drug-likeness (QED) is 0.890. The molecule has 104 valence electrons. The fourth-order valence-electron chi connectivity index (χ4n) is 2.95. The van der Waals surface area contributed by atoms with E-state index in [0.717, 1.165) is 30.9 Å². The Morgan fingerprint density at radius 2 is 2.11 bits per heavy atom. The molecule has 19 heavy (non-hydrogen) atoms. The van der Waals surface area contributed by atoms with Gasteiger partial charge in [0.1, 0.15) is 5.56 Å².